The first-order chi connectivity index (χ1) is 7.25. The average molecular weight is 204 g/mol. The summed E-state index contributed by atoms with van der Waals surface area (Å²) in [5.74, 6) is 0.169. The van der Waals surface area contributed by atoms with Gasteiger partial charge in [-0.3, -0.25) is 0 Å². The number of hydrogen-bond donors (Lipinski definition) is 1. The highest BCUT2D eigenvalue weighted by atomic mass is 16.5. The number of hydrogen-bond acceptors (Lipinski definition) is 2. The number of carboxylic acid groups (broad SMARTS) is 1. The van der Waals surface area contributed by atoms with Crippen molar-refractivity contribution < 1.29 is 14.6 Å². The van der Waals surface area contributed by atoms with E-state index in [4.69, 9.17) is 9.84 Å². The molecule has 1 aliphatic heterocycles. The fourth-order valence-corrected chi connectivity index (χ4v) is 1.69. The van der Waals surface area contributed by atoms with Gasteiger partial charge in [-0.1, -0.05) is 24.3 Å². The molecule has 1 aliphatic rings. The molecule has 0 bridgehead atoms. The first-order valence-corrected chi connectivity index (χ1v) is 4.87. The largest absolute Gasteiger partial charge is 0.493 e. The topological polar surface area (TPSA) is 46.5 Å². The summed E-state index contributed by atoms with van der Waals surface area (Å²) in [7, 11) is 0. The predicted molar refractivity (Wildman–Crippen MR) is 55.9 cm³/mol. The Morgan fingerprint density at radius 2 is 2.27 bits per heavy atom. The fourth-order valence-electron chi connectivity index (χ4n) is 1.69. The second-order valence-corrected chi connectivity index (χ2v) is 3.58. The van der Waals surface area contributed by atoms with Gasteiger partial charge >= 0.3 is 5.97 Å². The number of carboxylic acids is 1. The van der Waals surface area contributed by atoms with Crippen molar-refractivity contribution in [2.75, 3.05) is 6.61 Å². The van der Waals surface area contributed by atoms with Crippen LogP contribution in [-0.2, 0) is 11.2 Å². The van der Waals surface area contributed by atoms with Gasteiger partial charge in [-0.05, 0) is 18.1 Å². The molecule has 1 aromatic rings. The van der Waals surface area contributed by atoms with Gasteiger partial charge in [0.2, 0.25) is 0 Å². The van der Waals surface area contributed by atoms with Gasteiger partial charge in [0, 0.05) is 12.0 Å². The van der Waals surface area contributed by atoms with Crippen molar-refractivity contribution in [3.05, 3.63) is 42.0 Å². The van der Waals surface area contributed by atoms with Crippen molar-refractivity contribution in [2.24, 2.45) is 5.92 Å². The van der Waals surface area contributed by atoms with Crippen LogP contribution in [0.1, 0.15) is 5.56 Å². The number of fused-ring (bicyclic) bond motifs is 1. The molecule has 1 heterocycles. The Balaban J connectivity index is 2.09. The average Bonchev–Trinajstić information content (AvgIpc) is 2.26. The normalized spacial score (nSPS) is 19.6. The highest BCUT2D eigenvalue weighted by molar-refractivity contribution is 5.79. The lowest BCUT2D eigenvalue weighted by molar-refractivity contribution is -0.131. The Labute approximate surface area is 88.0 Å². The standard InChI is InChI=1S/C12H12O3/c13-12(14)6-5-9-7-10-3-1-2-4-11(10)15-8-9/h1-6,9H,7-8H2,(H,13,14)/b6-5+/t9-/m1/s1. The summed E-state index contributed by atoms with van der Waals surface area (Å²) in [6.07, 6.45) is 3.72. The van der Waals surface area contributed by atoms with Gasteiger partial charge in [-0.2, -0.15) is 0 Å². The molecule has 0 saturated carbocycles. The maximum atomic E-state index is 10.4. The van der Waals surface area contributed by atoms with Crippen LogP contribution in [0.2, 0.25) is 0 Å². The second kappa shape index (κ2) is 4.17. The molecule has 1 atom stereocenters. The number of ether oxygens (including phenoxy) is 1. The molecule has 0 spiro atoms. The molecule has 2 rings (SSSR count). The van der Waals surface area contributed by atoms with E-state index in [0.29, 0.717) is 6.61 Å². The predicted octanol–water partition coefficient (Wildman–Crippen LogP) is 1.88. The van der Waals surface area contributed by atoms with E-state index < -0.39 is 5.97 Å². The lowest BCUT2D eigenvalue weighted by Gasteiger charge is -2.22. The van der Waals surface area contributed by atoms with Crippen LogP contribution in [0.15, 0.2) is 36.4 Å². The summed E-state index contributed by atoms with van der Waals surface area (Å²) < 4.78 is 5.52. The fraction of sp³-hybridized carbons (Fsp3) is 0.250. The summed E-state index contributed by atoms with van der Waals surface area (Å²) in [6, 6.07) is 7.85. The van der Waals surface area contributed by atoms with Crippen LogP contribution in [0.4, 0.5) is 0 Å². The van der Waals surface area contributed by atoms with E-state index in [2.05, 4.69) is 0 Å². The summed E-state index contributed by atoms with van der Waals surface area (Å²) in [5, 5.41) is 8.51. The highest BCUT2D eigenvalue weighted by Gasteiger charge is 2.16. The summed E-state index contributed by atoms with van der Waals surface area (Å²) in [6.45, 7) is 0.556. The molecule has 0 fully saturated rings. The summed E-state index contributed by atoms with van der Waals surface area (Å²) in [4.78, 5) is 10.4. The third kappa shape index (κ3) is 2.37. The lowest BCUT2D eigenvalue weighted by atomic mass is 9.96. The Morgan fingerprint density at radius 3 is 3.07 bits per heavy atom. The summed E-state index contributed by atoms with van der Waals surface area (Å²) >= 11 is 0. The number of para-hydroxylation sites is 1. The number of benzene rings is 1. The molecule has 0 aromatic heterocycles. The quantitative estimate of drug-likeness (QED) is 0.748. The van der Waals surface area contributed by atoms with E-state index in [9.17, 15) is 4.79 Å². The monoisotopic (exact) mass is 204 g/mol. The van der Waals surface area contributed by atoms with Crippen molar-refractivity contribution in [1.82, 2.24) is 0 Å². The maximum Gasteiger partial charge on any atom is 0.327 e. The van der Waals surface area contributed by atoms with Crippen LogP contribution >= 0.6 is 0 Å². The first-order valence-electron chi connectivity index (χ1n) is 4.87. The highest BCUT2D eigenvalue weighted by Crippen LogP contribution is 2.27. The lowest BCUT2D eigenvalue weighted by Crippen LogP contribution is -2.19. The molecular formula is C12H12O3. The number of carbonyl (C=O) groups is 1. The Bertz CT molecular complexity index is 396. The van der Waals surface area contributed by atoms with Gasteiger partial charge in [0.1, 0.15) is 5.75 Å². The molecule has 1 N–H and O–H groups in total. The van der Waals surface area contributed by atoms with Crippen LogP contribution in [0.3, 0.4) is 0 Å². The molecule has 15 heavy (non-hydrogen) atoms. The minimum Gasteiger partial charge on any atom is -0.493 e. The number of aliphatic carboxylic acids is 1. The first kappa shape index (κ1) is 9.77. The van der Waals surface area contributed by atoms with Gasteiger partial charge in [0.25, 0.3) is 0 Å². The molecule has 3 heteroatoms. The molecule has 0 saturated heterocycles. The molecule has 0 amide bonds. The molecule has 0 aliphatic carbocycles. The van der Waals surface area contributed by atoms with Gasteiger partial charge in [0.05, 0.1) is 6.61 Å². The smallest absolute Gasteiger partial charge is 0.327 e. The van der Waals surface area contributed by atoms with Crippen LogP contribution in [0.25, 0.3) is 0 Å². The van der Waals surface area contributed by atoms with E-state index in [0.717, 1.165) is 17.7 Å². The Kier molecular flexibility index (Phi) is 2.72. The Hall–Kier alpha value is -1.77. The van der Waals surface area contributed by atoms with E-state index in [-0.39, 0.29) is 5.92 Å². The SMILES string of the molecule is O=C(O)/C=C/[C@H]1COc2ccccc2C1. The minimum atomic E-state index is -0.908. The van der Waals surface area contributed by atoms with E-state index in [1.807, 2.05) is 24.3 Å². The zero-order valence-corrected chi connectivity index (χ0v) is 8.22. The van der Waals surface area contributed by atoms with Crippen LogP contribution < -0.4 is 4.74 Å². The van der Waals surface area contributed by atoms with Gasteiger partial charge in [-0.15, -0.1) is 0 Å². The van der Waals surface area contributed by atoms with Crippen molar-refractivity contribution in [3.8, 4) is 5.75 Å². The van der Waals surface area contributed by atoms with Crippen LogP contribution in [-0.4, -0.2) is 17.7 Å². The zero-order valence-electron chi connectivity index (χ0n) is 8.22. The van der Waals surface area contributed by atoms with Gasteiger partial charge in [-0.25, -0.2) is 4.79 Å². The van der Waals surface area contributed by atoms with Gasteiger partial charge in [0.15, 0.2) is 0 Å². The molecule has 0 radical (unpaired) electrons. The van der Waals surface area contributed by atoms with Gasteiger partial charge < -0.3 is 9.84 Å². The van der Waals surface area contributed by atoms with Crippen molar-refractivity contribution in [2.45, 2.75) is 6.42 Å². The van der Waals surface area contributed by atoms with Crippen molar-refractivity contribution in [3.63, 3.8) is 0 Å². The number of rotatable bonds is 2. The third-order valence-electron chi connectivity index (χ3n) is 2.42. The van der Waals surface area contributed by atoms with E-state index >= 15 is 0 Å². The van der Waals surface area contributed by atoms with Crippen LogP contribution in [0, 0.1) is 5.92 Å². The minimum absolute atomic E-state index is 0.163. The Morgan fingerprint density at radius 1 is 1.47 bits per heavy atom. The molecule has 1 aromatic carbocycles. The van der Waals surface area contributed by atoms with Crippen LogP contribution in [0.5, 0.6) is 5.75 Å². The summed E-state index contributed by atoms with van der Waals surface area (Å²) in [5.41, 5.74) is 1.14. The molecule has 78 valence electrons. The zero-order chi connectivity index (χ0) is 10.7. The molecule has 3 nitrogen and oxygen atoms in total. The second-order valence-electron chi connectivity index (χ2n) is 3.58. The third-order valence-corrected chi connectivity index (χ3v) is 2.42. The molecular weight excluding hydrogens is 192 g/mol. The molecule has 0 unspecified atom stereocenters. The van der Waals surface area contributed by atoms with E-state index in [1.165, 1.54) is 6.08 Å². The maximum absolute atomic E-state index is 10.4. The van der Waals surface area contributed by atoms with Crippen molar-refractivity contribution >= 4 is 5.97 Å². The van der Waals surface area contributed by atoms with E-state index in [1.54, 1.807) is 6.08 Å². The van der Waals surface area contributed by atoms with Crippen molar-refractivity contribution in [1.29, 1.82) is 0 Å².